The second-order valence-electron chi connectivity index (χ2n) is 5.08. The molecular weight excluding hydrogens is 367 g/mol. The van der Waals surface area contributed by atoms with Crippen molar-refractivity contribution in [3.63, 3.8) is 0 Å². The third-order valence-corrected chi connectivity index (χ3v) is 4.88. The van der Waals surface area contributed by atoms with Crippen molar-refractivity contribution in [3.8, 4) is 0 Å². The Morgan fingerprint density at radius 2 is 2.04 bits per heavy atom. The topological polar surface area (TPSA) is 51.2 Å². The van der Waals surface area contributed by atoms with E-state index in [4.69, 9.17) is 27.9 Å². The molecule has 0 saturated carbocycles. The Hall–Kier alpha value is -1.66. The molecule has 1 heterocycles. The Bertz CT molecular complexity index is 834. The van der Waals surface area contributed by atoms with E-state index in [9.17, 15) is 4.79 Å². The molecular formula is C17H14Cl2N2O2S. The summed E-state index contributed by atoms with van der Waals surface area (Å²) in [6.45, 7) is 0.620. The lowest BCUT2D eigenvalue weighted by Gasteiger charge is -2.07. The predicted molar refractivity (Wildman–Crippen MR) is 97.6 cm³/mol. The van der Waals surface area contributed by atoms with Crippen LogP contribution >= 0.6 is 34.5 Å². The summed E-state index contributed by atoms with van der Waals surface area (Å²) in [5.74, 6) is -0.206. The molecule has 124 valence electrons. The van der Waals surface area contributed by atoms with Crippen molar-refractivity contribution < 1.29 is 9.53 Å². The van der Waals surface area contributed by atoms with E-state index in [1.54, 1.807) is 29.5 Å². The summed E-state index contributed by atoms with van der Waals surface area (Å²) in [6.07, 6.45) is 0. The number of thiazole rings is 1. The van der Waals surface area contributed by atoms with Crippen LogP contribution in [0.25, 0.3) is 10.2 Å². The summed E-state index contributed by atoms with van der Waals surface area (Å²) in [6, 6.07) is 13.1. The second-order valence-corrected chi connectivity index (χ2v) is 7.04. The molecule has 0 aliphatic carbocycles. The number of carbonyl (C=O) groups excluding carboxylic acids is 1. The van der Waals surface area contributed by atoms with Crippen LogP contribution in [-0.2, 0) is 22.7 Å². The Kier molecular flexibility index (Phi) is 5.68. The minimum absolute atomic E-state index is 0.0267. The maximum atomic E-state index is 11.8. The highest BCUT2D eigenvalue weighted by molar-refractivity contribution is 7.18. The lowest BCUT2D eigenvalue weighted by molar-refractivity contribution is -0.126. The summed E-state index contributed by atoms with van der Waals surface area (Å²) in [4.78, 5) is 16.3. The van der Waals surface area contributed by atoms with Gasteiger partial charge in [0, 0.05) is 16.6 Å². The fraction of sp³-hybridized carbons (Fsp3) is 0.176. The quantitative estimate of drug-likeness (QED) is 0.687. The van der Waals surface area contributed by atoms with Crippen LogP contribution in [0.2, 0.25) is 10.0 Å². The van der Waals surface area contributed by atoms with Crippen molar-refractivity contribution in [2.75, 3.05) is 6.61 Å². The number of benzene rings is 2. The van der Waals surface area contributed by atoms with Gasteiger partial charge in [0.15, 0.2) is 0 Å². The van der Waals surface area contributed by atoms with Gasteiger partial charge < -0.3 is 10.1 Å². The largest absolute Gasteiger partial charge is 0.364 e. The number of para-hydroxylation sites is 1. The normalized spacial score (nSPS) is 10.9. The molecule has 0 fully saturated rings. The molecule has 0 radical (unpaired) electrons. The number of ether oxygens (including phenoxy) is 1. The van der Waals surface area contributed by atoms with Gasteiger partial charge in [0.05, 0.1) is 16.8 Å². The summed E-state index contributed by atoms with van der Waals surface area (Å²) in [5.41, 5.74) is 1.75. The molecule has 1 amide bonds. The van der Waals surface area contributed by atoms with Crippen LogP contribution in [0.3, 0.4) is 0 Å². The Labute approximate surface area is 153 Å². The van der Waals surface area contributed by atoms with Crippen molar-refractivity contribution in [1.29, 1.82) is 0 Å². The van der Waals surface area contributed by atoms with Gasteiger partial charge in [-0.25, -0.2) is 4.98 Å². The third-order valence-electron chi connectivity index (χ3n) is 3.29. The molecule has 1 aromatic heterocycles. The van der Waals surface area contributed by atoms with Crippen molar-refractivity contribution in [2.45, 2.75) is 13.2 Å². The lowest BCUT2D eigenvalue weighted by atomic mass is 10.2. The van der Waals surface area contributed by atoms with Crippen LogP contribution in [0.1, 0.15) is 10.6 Å². The first kappa shape index (κ1) is 17.2. The molecule has 0 spiro atoms. The van der Waals surface area contributed by atoms with Crippen molar-refractivity contribution in [1.82, 2.24) is 10.3 Å². The maximum Gasteiger partial charge on any atom is 0.246 e. The van der Waals surface area contributed by atoms with Crippen LogP contribution in [-0.4, -0.2) is 17.5 Å². The number of carbonyl (C=O) groups is 1. The number of nitrogens with one attached hydrogen (secondary N) is 1. The van der Waals surface area contributed by atoms with E-state index < -0.39 is 0 Å². The Balaban J connectivity index is 1.45. The molecule has 0 bridgehead atoms. The minimum Gasteiger partial charge on any atom is -0.364 e. The number of hydrogen-bond donors (Lipinski definition) is 1. The molecule has 0 aliphatic heterocycles. The third kappa shape index (κ3) is 4.45. The number of hydrogen-bond acceptors (Lipinski definition) is 4. The highest BCUT2D eigenvalue weighted by Gasteiger charge is 2.07. The van der Waals surface area contributed by atoms with E-state index >= 15 is 0 Å². The van der Waals surface area contributed by atoms with Crippen LogP contribution in [0.4, 0.5) is 0 Å². The molecule has 0 aliphatic rings. The van der Waals surface area contributed by atoms with Gasteiger partial charge in [0.2, 0.25) is 5.91 Å². The van der Waals surface area contributed by atoms with Gasteiger partial charge in [0.1, 0.15) is 11.6 Å². The average molecular weight is 381 g/mol. The van der Waals surface area contributed by atoms with Crippen LogP contribution in [0.5, 0.6) is 0 Å². The van der Waals surface area contributed by atoms with Crippen molar-refractivity contribution >= 4 is 50.7 Å². The van der Waals surface area contributed by atoms with E-state index in [0.717, 1.165) is 20.8 Å². The molecule has 7 heteroatoms. The molecule has 1 N–H and O–H groups in total. The van der Waals surface area contributed by atoms with Gasteiger partial charge in [-0.15, -0.1) is 11.3 Å². The molecule has 0 unspecified atom stereocenters. The van der Waals surface area contributed by atoms with Gasteiger partial charge in [-0.1, -0.05) is 41.4 Å². The molecule has 2 aromatic carbocycles. The Morgan fingerprint density at radius 3 is 2.83 bits per heavy atom. The zero-order valence-electron chi connectivity index (χ0n) is 12.6. The SMILES string of the molecule is O=C(COCc1nc2ccccc2s1)NCc1ccc(Cl)cc1Cl. The standard InChI is InChI=1S/C17H14Cl2N2O2S/c18-12-6-5-11(13(19)7-12)8-20-16(22)9-23-10-17-21-14-3-1-2-4-15(14)24-17/h1-7H,8-10H2,(H,20,22). The molecule has 24 heavy (non-hydrogen) atoms. The summed E-state index contributed by atoms with van der Waals surface area (Å²) >= 11 is 13.5. The first-order valence-corrected chi connectivity index (χ1v) is 8.82. The zero-order valence-corrected chi connectivity index (χ0v) is 14.9. The van der Waals surface area contributed by atoms with E-state index in [0.29, 0.717) is 23.2 Å². The first-order valence-electron chi connectivity index (χ1n) is 7.24. The smallest absolute Gasteiger partial charge is 0.246 e. The van der Waals surface area contributed by atoms with Crippen LogP contribution in [0, 0.1) is 0 Å². The number of nitrogens with zero attached hydrogens (tertiary/aromatic N) is 1. The number of amides is 1. The van der Waals surface area contributed by atoms with Gasteiger partial charge in [0.25, 0.3) is 0 Å². The average Bonchev–Trinajstić information content (AvgIpc) is 2.96. The molecule has 0 atom stereocenters. The van der Waals surface area contributed by atoms with Crippen LogP contribution in [0.15, 0.2) is 42.5 Å². The molecule has 3 aromatic rings. The van der Waals surface area contributed by atoms with Crippen molar-refractivity contribution in [2.24, 2.45) is 0 Å². The van der Waals surface area contributed by atoms with Gasteiger partial charge in [-0.2, -0.15) is 0 Å². The number of aromatic nitrogens is 1. The summed E-state index contributed by atoms with van der Waals surface area (Å²) in [7, 11) is 0. The highest BCUT2D eigenvalue weighted by atomic mass is 35.5. The number of fused-ring (bicyclic) bond motifs is 1. The number of rotatable bonds is 6. The molecule has 3 rings (SSSR count). The zero-order chi connectivity index (χ0) is 16.9. The fourth-order valence-corrected chi connectivity index (χ4v) is 3.50. The lowest BCUT2D eigenvalue weighted by Crippen LogP contribution is -2.27. The van der Waals surface area contributed by atoms with Gasteiger partial charge >= 0.3 is 0 Å². The van der Waals surface area contributed by atoms with E-state index in [1.807, 2.05) is 24.3 Å². The van der Waals surface area contributed by atoms with E-state index in [2.05, 4.69) is 10.3 Å². The summed E-state index contributed by atoms with van der Waals surface area (Å²) in [5, 5.41) is 4.71. The van der Waals surface area contributed by atoms with E-state index in [-0.39, 0.29) is 12.5 Å². The monoisotopic (exact) mass is 380 g/mol. The van der Waals surface area contributed by atoms with Crippen LogP contribution < -0.4 is 5.32 Å². The van der Waals surface area contributed by atoms with E-state index in [1.165, 1.54) is 0 Å². The molecule has 4 nitrogen and oxygen atoms in total. The van der Waals surface area contributed by atoms with Gasteiger partial charge in [-0.3, -0.25) is 4.79 Å². The minimum atomic E-state index is -0.206. The van der Waals surface area contributed by atoms with Gasteiger partial charge in [-0.05, 0) is 29.8 Å². The van der Waals surface area contributed by atoms with Crippen molar-refractivity contribution in [3.05, 3.63) is 63.1 Å². The second kappa shape index (κ2) is 7.94. The number of halogens is 2. The Morgan fingerprint density at radius 1 is 1.21 bits per heavy atom. The predicted octanol–water partition coefficient (Wildman–Crippen LogP) is 4.44. The fourth-order valence-electron chi connectivity index (χ4n) is 2.12. The maximum absolute atomic E-state index is 11.8. The first-order chi connectivity index (χ1) is 11.6. The highest BCUT2D eigenvalue weighted by Crippen LogP contribution is 2.22. The molecule has 0 saturated heterocycles. The summed E-state index contributed by atoms with van der Waals surface area (Å²) < 4.78 is 6.54.